The van der Waals surface area contributed by atoms with Crippen molar-refractivity contribution in [3.63, 3.8) is 0 Å². The van der Waals surface area contributed by atoms with Gasteiger partial charge in [-0.25, -0.2) is 8.42 Å². The van der Waals surface area contributed by atoms with E-state index < -0.39 is 15.1 Å². The van der Waals surface area contributed by atoms with E-state index in [0.29, 0.717) is 18.0 Å². The van der Waals surface area contributed by atoms with E-state index in [2.05, 4.69) is 0 Å². The van der Waals surface area contributed by atoms with Crippen molar-refractivity contribution in [2.75, 3.05) is 6.54 Å². The molecule has 1 aliphatic rings. The van der Waals surface area contributed by atoms with Crippen molar-refractivity contribution in [1.82, 2.24) is 0 Å². The van der Waals surface area contributed by atoms with Crippen LogP contribution in [0.1, 0.15) is 19.3 Å². The molecule has 2 unspecified atom stereocenters. The summed E-state index contributed by atoms with van der Waals surface area (Å²) in [6.45, 7) is 0.391. The van der Waals surface area contributed by atoms with Crippen LogP contribution in [-0.2, 0) is 9.84 Å². The van der Waals surface area contributed by atoms with Gasteiger partial charge in [-0.1, -0.05) is 29.6 Å². The van der Waals surface area contributed by atoms with Gasteiger partial charge in [-0.05, 0) is 43.5 Å². The van der Waals surface area contributed by atoms with Crippen molar-refractivity contribution in [2.45, 2.75) is 29.4 Å². The Morgan fingerprint density at radius 2 is 2.00 bits per heavy atom. The Morgan fingerprint density at radius 1 is 1.28 bits per heavy atom. The van der Waals surface area contributed by atoms with E-state index in [4.69, 9.17) is 28.9 Å². The van der Waals surface area contributed by atoms with Crippen LogP contribution in [0.15, 0.2) is 23.1 Å². The van der Waals surface area contributed by atoms with Gasteiger partial charge in [0, 0.05) is 5.02 Å². The molecule has 100 valence electrons. The minimum atomic E-state index is -3.45. The molecule has 0 aliphatic heterocycles. The van der Waals surface area contributed by atoms with Crippen molar-refractivity contribution in [1.29, 1.82) is 0 Å². The Bertz CT molecular complexity index is 545. The Balaban J connectivity index is 2.45. The molecule has 0 bridgehead atoms. The fourth-order valence-corrected chi connectivity index (χ4v) is 5.40. The maximum absolute atomic E-state index is 12.6. The minimum Gasteiger partial charge on any atom is -0.330 e. The van der Waals surface area contributed by atoms with Crippen LogP contribution >= 0.6 is 23.2 Å². The lowest BCUT2D eigenvalue weighted by Crippen LogP contribution is -2.30. The first kappa shape index (κ1) is 14.1. The number of benzene rings is 1. The van der Waals surface area contributed by atoms with Crippen LogP contribution < -0.4 is 5.73 Å². The molecule has 6 heteroatoms. The van der Waals surface area contributed by atoms with E-state index in [1.165, 1.54) is 12.1 Å². The van der Waals surface area contributed by atoms with E-state index in [0.717, 1.165) is 12.8 Å². The van der Waals surface area contributed by atoms with Gasteiger partial charge in [-0.15, -0.1) is 0 Å². The Labute approximate surface area is 117 Å². The van der Waals surface area contributed by atoms with Crippen molar-refractivity contribution >= 4 is 33.0 Å². The predicted octanol–water partition coefficient (Wildman–Crippen LogP) is 2.89. The maximum atomic E-state index is 12.6. The quantitative estimate of drug-likeness (QED) is 0.934. The summed E-state index contributed by atoms with van der Waals surface area (Å²) < 4.78 is 25.2. The second kappa shape index (κ2) is 5.37. The molecule has 2 atom stereocenters. The van der Waals surface area contributed by atoms with Crippen molar-refractivity contribution in [3.05, 3.63) is 28.2 Å². The van der Waals surface area contributed by atoms with E-state index in [-0.39, 0.29) is 15.8 Å². The lowest BCUT2D eigenvalue weighted by atomic mass is 10.1. The summed E-state index contributed by atoms with van der Waals surface area (Å²) in [5.41, 5.74) is 5.64. The molecule has 0 spiro atoms. The molecular formula is C12H15Cl2NO2S. The van der Waals surface area contributed by atoms with Gasteiger partial charge in [-0.3, -0.25) is 0 Å². The maximum Gasteiger partial charge on any atom is 0.183 e. The highest BCUT2D eigenvalue weighted by Gasteiger charge is 2.38. The Hall–Kier alpha value is -0.290. The first-order valence-corrected chi connectivity index (χ1v) is 8.16. The summed E-state index contributed by atoms with van der Waals surface area (Å²) in [6, 6.07) is 4.52. The summed E-state index contributed by atoms with van der Waals surface area (Å²) >= 11 is 11.8. The molecule has 1 aromatic carbocycles. The third kappa shape index (κ3) is 2.52. The van der Waals surface area contributed by atoms with Crippen LogP contribution in [0.4, 0.5) is 0 Å². The highest BCUT2D eigenvalue weighted by atomic mass is 35.5. The normalized spacial score (nSPS) is 24.4. The number of hydrogen-bond acceptors (Lipinski definition) is 3. The molecule has 1 aliphatic carbocycles. The van der Waals surface area contributed by atoms with Crippen LogP contribution in [0.25, 0.3) is 0 Å². The van der Waals surface area contributed by atoms with Gasteiger partial charge >= 0.3 is 0 Å². The van der Waals surface area contributed by atoms with Gasteiger partial charge in [0.05, 0.1) is 15.2 Å². The van der Waals surface area contributed by atoms with Gasteiger partial charge in [0.1, 0.15) is 0 Å². The van der Waals surface area contributed by atoms with Crippen LogP contribution in [0.3, 0.4) is 0 Å². The van der Waals surface area contributed by atoms with Gasteiger partial charge in [0.25, 0.3) is 0 Å². The first-order chi connectivity index (χ1) is 8.46. The van der Waals surface area contributed by atoms with Crippen molar-refractivity contribution in [3.8, 4) is 0 Å². The van der Waals surface area contributed by atoms with E-state index in [9.17, 15) is 8.42 Å². The number of rotatable bonds is 3. The third-order valence-electron chi connectivity index (χ3n) is 3.49. The molecule has 1 fully saturated rings. The molecule has 0 radical (unpaired) electrons. The van der Waals surface area contributed by atoms with Crippen LogP contribution in [-0.4, -0.2) is 20.2 Å². The smallest absolute Gasteiger partial charge is 0.183 e. The fraction of sp³-hybridized carbons (Fsp3) is 0.500. The van der Waals surface area contributed by atoms with E-state index in [1.54, 1.807) is 6.07 Å². The number of nitrogens with two attached hydrogens (primary N) is 1. The lowest BCUT2D eigenvalue weighted by molar-refractivity contribution is 0.524. The molecule has 0 amide bonds. The fourth-order valence-electron chi connectivity index (χ4n) is 2.54. The molecule has 1 saturated carbocycles. The predicted molar refractivity (Wildman–Crippen MR) is 73.8 cm³/mol. The lowest BCUT2D eigenvalue weighted by Gasteiger charge is -2.19. The zero-order valence-corrected chi connectivity index (χ0v) is 12.1. The topological polar surface area (TPSA) is 60.2 Å². The second-order valence-electron chi connectivity index (χ2n) is 4.58. The summed E-state index contributed by atoms with van der Waals surface area (Å²) in [7, 11) is -3.45. The van der Waals surface area contributed by atoms with Gasteiger partial charge in [-0.2, -0.15) is 0 Å². The van der Waals surface area contributed by atoms with Crippen LogP contribution in [0.2, 0.25) is 10.0 Å². The summed E-state index contributed by atoms with van der Waals surface area (Å²) in [6.07, 6.45) is 2.40. The summed E-state index contributed by atoms with van der Waals surface area (Å²) in [5.74, 6) is 0.0186. The molecule has 0 aromatic heterocycles. The molecule has 0 heterocycles. The van der Waals surface area contributed by atoms with E-state index >= 15 is 0 Å². The molecule has 18 heavy (non-hydrogen) atoms. The average molecular weight is 308 g/mol. The van der Waals surface area contributed by atoms with Crippen molar-refractivity contribution in [2.24, 2.45) is 11.7 Å². The highest BCUT2D eigenvalue weighted by Crippen LogP contribution is 2.37. The largest absolute Gasteiger partial charge is 0.330 e. The summed E-state index contributed by atoms with van der Waals surface area (Å²) in [4.78, 5) is 0.127. The third-order valence-corrected chi connectivity index (χ3v) is 6.54. The first-order valence-electron chi connectivity index (χ1n) is 5.86. The van der Waals surface area contributed by atoms with Crippen molar-refractivity contribution < 1.29 is 8.42 Å². The van der Waals surface area contributed by atoms with E-state index in [1.807, 2.05) is 0 Å². The number of sulfone groups is 1. The number of halogens is 2. The zero-order valence-electron chi connectivity index (χ0n) is 9.77. The molecule has 2 rings (SSSR count). The SMILES string of the molecule is NCC1CCCC1S(=O)(=O)c1cc(Cl)ccc1Cl. The monoisotopic (exact) mass is 307 g/mol. The standard InChI is InChI=1S/C12H15Cl2NO2S/c13-9-4-5-10(14)12(6-9)18(16,17)11-3-1-2-8(11)7-15/h4-6,8,11H,1-3,7,15H2. The molecule has 2 N–H and O–H groups in total. The van der Waals surface area contributed by atoms with Gasteiger partial charge in [0.2, 0.25) is 0 Å². The van der Waals surface area contributed by atoms with Crippen LogP contribution in [0, 0.1) is 5.92 Å². The molecule has 0 saturated heterocycles. The van der Waals surface area contributed by atoms with Gasteiger partial charge < -0.3 is 5.73 Å². The Kier molecular flexibility index (Phi) is 4.22. The summed E-state index contributed by atoms with van der Waals surface area (Å²) in [5, 5.41) is 0.167. The average Bonchev–Trinajstić information content (AvgIpc) is 2.81. The molecule has 1 aromatic rings. The number of hydrogen-bond donors (Lipinski definition) is 1. The van der Waals surface area contributed by atoms with Crippen LogP contribution in [0.5, 0.6) is 0 Å². The zero-order chi connectivity index (χ0) is 13.3. The van der Waals surface area contributed by atoms with Gasteiger partial charge in [0.15, 0.2) is 9.84 Å². The second-order valence-corrected chi connectivity index (χ2v) is 7.56. The molecular weight excluding hydrogens is 293 g/mol. The highest BCUT2D eigenvalue weighted by molar-refractivity contribution is 7.92. The molecule has 3 nitrogen and oxygen atoms in total. The minimum absolute atomic E-state index is 0.0186. The Morgan fingerprint density at radius 3 is 2.67 bits per heavy atom.